The van der Waals surface area contributed by atoms with E-state index in [0.29, 0.717) is 0 Å². The van der Waals surface area contributed by atoms with Crippen molar-refractivity contribution in [3.05, 3.63) is 24.3 Å². The standard InChI is InChI=1S/C20H30N4O.ClH/c25-20(17-6-8-21-9-7-17)22-18-2-1-3-19(14-18)24-12-10-23(11-13-24)15-16-4-5-16;/h1-3,14,16-17,21H,4-13,15H2,(H,22,25);1H. The van der Waals surface area contributed by atoms with E-state index in [9.17, 15) is 4.79 Å². The lowest BCUT2D eigenvalue weighted by atomic mass is 9.97. The van der Waals surface area contributed by atoms with Crippen molar-refractivity contribution in [3.63, 3.8) is 0 Å². The van der Waals surface area contributed by atoms with Gasteiger partial charge in [0.05, 0.1) is 0 Å². The Morgan fingerprint density at radius 2 is 1.81 bits per heavy atom. The molecule has 0 spiro atoms. The molecular formula is C20H31ClN4O. The Labute approximate surface area is 162 Å². The molecule has 3 aliphatic rings. The lowest BCUT2D eigenvalue weighted by Gasteiger charge is -2.36. The number of nitrogens with one attached hydrogen (secondary N) is 2. The van der Waals surface area contributed by atoms with Gasteiger partial charge in [-0.15, -0.1) is 12.4 Å². The summed E-state index contributed by atoms with van der Waals surface area (Å²) in [5, 5.41) is 6.44. The van der Waals surface area contributed by atoms with Gasteiger partial charge in [-0.05, 0) is 62.9 Å². The number of hydrogen-bond donors (Lipinski definition) is 2. The second-order valence-corrected chi connectivity index (χ2v) is 7.79. The van der Waals surface area contributed by atoms with Gasteiger partial charge in [-0.25, -0.2) is 0 Å². The van der Waals surface area contributed by atoms with Gasteiger partial charge in [0.15, 0.2) is 0 Å². The fourth-order valence-corrected chi connectivity index (χ4v) is 3.96. The summed E-state index contributed by atoms with van der Waals surface area (Å²) >= 11 is 0. The molecule has 1 saturated carbocycles. The molecule has 3 fully saturated rings. The largest absolute Gasteiger partial charge is 0.369 e. The Hall–Kier alpha value is -1.30. The number of rotatable bonds is 5. The summed E-state index contributed by atoms with van der Waals surface area (Å²) in [5.41, 5.74) is 2.16. The van der Waals surface area contributed by atoms with Crippen LogP contribution in [0, 0.1) is 11.8 Å². The van der Waals surface area contributed by atoms with Crippen LogP contribution in [0.25, 0.3) is 0 Å². The molecule has 5 nitrogen and oxygen atoms in total. The molecule has 1 aliphatic carbocycles. The zero-order chi connectivity index (χ0) is 17.1. The van der Waals surface area contributed by atoms with Crippen molar-refractivity contribution in [1.29, 1.82) is 0 Å². The highest BCUT2D eigenvalue weighted by molar-refractivity contribution is 5.93. The van der Waals surface area contributed by atoms with Gasteiger partial charge in [0, 0.05) is 50.0 Å². The molecule has 2 saturated heterocycles. The second-order valence-electron chi connectivity index (χ2n) is 7.79. The van der Waals surface area contributed by atoms with E-state index in [2.05, 4.69) is 38.6 Å². The summed E-state index contributed by atoms with van der Waals surface area (Å²) in [6.07, 6.45) is 4.74. The van der Waals surface area contributed by atoms with E-state index in [-0.39, 0.29) is 24.2 Å². The molecule has 2 N–H and O–H groups in total. The van der Waals surface area contributed by atoms with Crippen LogP contribution in [-0.2, 0) is 4.79 Å². The van der Waals surface area contributed by atoms with Crippen LogP contribution in [0.15, 0.2) is 24.3 Å². The average molecular weight is 379 g/mol. The first-order valence-electron chi connectivity index (χ1n) is 9.87. The molecule has 4 rings (SSSR count). The minimum absolute atomic E-state index is 0. The molecule has 0 aromatic heterocycles. The Kier molecular flexibility index (Phi) is 6.79. The first kappa shape index (κ1) is 19.5. The number of amides is 1. The van der Waals surface area contributed by atoms with Gasteiger partial charge < -0.3 is 15.5 Å². The van der Waals surface area contributed by atoms with Crippen LogP contribution < -0.4 is 15.5 Å². The number of benzene rings is 1. The number of nitrogens with zero attached hydrogens (tertiary/aromatic N) is 2. The quantitative estimate of drug-likeness (QED) is 0.826. The van der Waals surface area contributed by atoms with E-state index >= 15 is 0 Å². The number of halogens is 1. The smallest absolute Gasteiger partial charge is 0.227 e. The van der Waals surface area contributed by atoms with E-state index in [4.69, 9.17) is 0 Å². The van der Waals surface area contributed by atoms with Crippen molar-refractivity contribution < 1.29 is 4.79 Å². The molecule has 1 amide bonds. The van der Waals surface area contributed by atoms with Crippen molar-refractivity contribution in [2.24, 2.45) is 11.8 Å². The van der Waals surface area contributed by atoms with Crippen molar-refractivity contribution in [2.75, 3.05) is 56.0 Å². The van der Waals surface area contributed by atoms with Gasteiger partial charge in [0.25, 0.3) is 0 Å². The highest BCUT2D eigenvalue weighted by atomic mass is 35.5. The zero-order valence-corrected chi connectivity index (χ0v) is 16.3. The normalized spacial score (nSPS) is 21.9. The van der Waals surface area contributed by atoms with Crippen LogP contribution in [0.2, 0.25) is 0 Å². The molecule has 26 heavy (non-hydrogen) atoms. The number of piperazine rings is 1. The van der Waals surface area contributed by atoms with Crippen molar-refractivity contribution in [2.45, 2.75) is 25.7 Å². The number of piperidine rings is 1. The summed E-state index contributed by atoms with van der Waals surface area (Å²) in [6, 6.07) is 8.36. The molecule has 1 aromatic carbocycles. The fraction of sp³-hybridized carbons (Fsp3) is 0.650. The van der Waals surface area contributed by atoms with Gasteiger partial charge >= 0.3 is 0 Å². The molecule has 2 heterocycles. The minimum Gasteiger partial charge on any atom is -0.369 e. The summed E-state index contributed by atoms with van der Waals surface area (Å²) in [5.74, 6) is 1.30. The van der Waals surface area contributed by atoms with Gasteiger partial charge in [0.2, 0.25) is 5.91 Å². The SMILES string of the molecule is Cl.O=C(Nc1cccc(N2CCN(CC3CC3)CC2)c1)C1CCNCC1. The third-order valence-corrected chi connectivity index (χ3v) is 5.77. The maximum atomic E-state index is 12.4. The van der Waals surface area contributed by atoms with Crippen LogP contribution in [0.5, 0.6) is 0 Å². The summed E-state index contributed by atoms with van der Waals surface area (Å²) < 4.78 is 0. The summed E-state index contributed by atoms with van der Waals surface area (Å²) in [4.78, 5) is 17.5. The second kappa shape index (κ2) is 9.07. The molecule has 1 aromatic rings. The molecule has 0 radical (unpaired) electrons. The van der Waals surface area contributed by atoms with E-state index in [1.807, 2.05) is 6.07 Å². The van der Waals surface area contributed by atoms with E-state index in [0.717, 1.165) is 63.7 Å². The number of carbonyl (C=O) groups is 1. The maximum absolute atomic E-state index is 12.4. The first-order valence-corrected chi connectivity index (χ1v) is 9.87. The van der Waals surface area contributed by atoms with Gasteiger partial charge in [-0.3, -0.25) is 9.69 Å². The number of anilines is 2. The van der Waals surface area contributed by atoms with E-state index < -0.39 is 0 Å². The number of hydrogen-bond acceptors (Lipinski definition) is 4. The first-order chi connectivity index (χ1) is 12.3. The summed E-state index contributed by atoms with van der Waals surface area (Å²) in [6.45, 7) is 7.66. The zero-order valence-electron chi connectivity index (χ0n) is 15.5. The molecule has 6 heteroatoms. The van der Waals surface area contributed by atoms with Crippen LogP contribution in [0.4, 0.5) is 11.4 Å². The summed E-state index contributed by atoms with van der Waals surface area (Å²) in [7, 11) is 0. The fourth-order valence-electron chi connectivity index (χ4n) is 3.96. The Morgan fingerprint density at radius 1 is 1.08 bits per heavy atom. The Bertz CT molecular complexity index is 593. The van der Waals surface area contributed by atoms with Crippen molar-refractivity contribution in [1.82, 2.24) is 10.2 Å². The van der Waals surface area contributed by atoms with E-state index in [1.165, 1.54) is 25.1 Å². The topological polar surface area (TPSA) is 47.6 Å². The highest BCUT2D eigenvalue weighted by Gasteiger charge is 2.26. The van der Waals surface area contributed by atoms with Gasteiger partial charge in [-0.2, -0.15) is 0 Å². The Balaban J connectivity index is 0.00000196. The predicted octanol–water partition coefficient (Wildman–Crippen LogP) is 2.58. The molecular weight excluding hydrogens is 348 g/mol. The third kappa shape index (κ3) is 5.12. The number of carbonyl (C=O) groups excluding carboxylic acids is 1. The van der Waals surface area contributed by atoms with Gasteiger partial charge in [-0.1, -0.05) is 6.07 Å². The lowest BCUT2D eigenvalue weighted by Crippen LogP contribution is -2.47. The molecule has 0 bridgehead atoms. The third-order valence-electron chi connectivity index (χ3n) is 5.77. The van der Waals surface area contributed by atoms with Crippen LogP contribution in [-0.4, -0.2) is 56.6 Å². The minimum atomic E-state index is 0. The Morgan fingerprint density at radius 3 is 2.50 bits per heavy atom. The van der Waals surface area contributed by atoms with Crippen molar-refractivity contribution >= 4 is 29.7 Å². The van der Waals surface area contributed by atoms with Crippen LogP contribution >= 0.6 is 12.4 Å². The lowest BCUT2D eigenvalue weighted by molar-refractivity contribution is -0.120. The molecule has 144 valence electrons. The predicted molar refractivity (Wildman–Crippen MR) is 109 cm³/mol. The monoisotopic (exact) mass is 378 g/mol. The van der Waals surface area contributed by atoms with Gasteiger partial charge in [0.1, 0.15) is 0 Å². The van der Waals surface area contributed by atoms with Crippen molar-refractivity contribution in [3.8, 4) is 0 Å². The van der Waals surface area contributed by atoms with Crippen LogP contribution in [0.1, 0.15) is 25.7 Å². The van der Waals surface area contributed by atoms with E-state index in [1.54, 1.807) is 0 Å². The van der Waals surface area contributed by atoms with Crippen LogP contribution in [0.3, 0.4) is 0 Å². The molecule has 0 unspecified atom stereocenters. The molecule has 0 atom stereocenters. The highest BCUT2D eigenvalue weighted by Crippen LogP contribution is 2.30. The molecule has 2 aliphatic heterocycles. The maximum Gasteiger partial charge on any atom is 0.227 e. The average Bonchev–Trinajstić information content (AvgIpc) is 3.47.